The van der Waals surface area contributed by atoms with Crippen molar-refractivity contribution in [2.24, 2.45) is 12.1 Å². The highest BCUT2D eigenvalue weighted by Crippen LogP contribution is 2.29. The molecule has 7 nitrogen and oxygen atoms in total. The second-order valence-corrected chi connectivity index (χ2v) is 7.68. The van der Waals surface area contributed by atoms with E-state index in [1.165, 1.54) is 4.68 Å². The molecule has 28 heavy (non-hydrogen) atoms. The molecular formula is C19H18Cl2N4O3. The minimum Gasteiger partial charge on any atom is -0.292 e. The molecule has 0 saturated heterocycles. The highest BCUT2D eigenvalue weighted by molar-refractivity contribution is 6.50. The summed E-state index contributed by atoms with van der Waals surface area (Å²) in [7, 11) is 1.60. The number of aryl methyl sites for hydroxylation is 1. The van der Waals surface area contributed by atoms with Gasteiger partial charge in [0.15, 0.2) is 5.78 Å². The Labute approximate surface area is 171 Å². The average molecular weight is 421 g/mol. The van der Waals surface area contributed by atoms with E-state index >= 15 is 0 Å². The Morgan fingerprint density at radius 3 is 2.36 bits per heavy atom. The van der Waals surface area contributed by atoms with Crippen LogP contribution in [0.3, 0.4) is 0 Å². The zero-order valence-corrected chi connectivity index (χ0v) is 17.1. The average Bonchev–Trinajstić information content (AvgIpc) is 2.60. The number of benzene rings is 1. The number of nitrogens with one attached hydrogen (secondary N) is 1. The summed E-state index contributed by atoms with van der Waals surface area (Å²) < 4.78 is 1.30. The van der Waals surface area contributed by atoms with Crippen molar-refractivity contribution in [3.8, 4) is 0 Å². The maximum absolute atomic E-state index is 12.2. The van der Waals surface area contributed by atoms with Crippen molar-refractivity contribution >= 4 is 40.6 Å². The van der Waals surface area contributed by atoms with E-state index in [1.54, 1.807) is 25.2 Å². The lowest BCUT2D eigenvalue weighted by Crippen LogP contribution is -2.33. The molecule has 0 aliphatic carbocycles. The van der Waals surface area contributed by atoms with E-state index in [4.69, 9.17) is 23.2 Å². The Kier molecular flexibility index (Phi) is 5.67. The third kappa shape index (κ3) is 4.00. The number of hydrogen-bond acceptors (Lipinski definition) is 5. The molecule has 3 rings (SSSR count). The van der Waals surface area contributed by atoms with Gasteiger partial charge in [-0.3, -0.25) is 14.4 Å². The topological polar surface area (TPSA) is 93.4 Å². The lowest BCUT2D eigenvalue weighted by atomic mass is 9.99. The SMILES string of the molecule is CC(C)c1cc(Cc2c(Cl)cc(C3=NNC(=O)CC3=O)cc2Cl)nn(C)c1=O. The highest BCUT2D eigenvalue weighted by atomic mass is 35.5. The predicted octanol–water partition coefficient (Wildman–Crippen LogP) is 2.59. The number of rotatable bonds is 4. The first kappa shape index (κ1) is 20.2. The molecule has 1 aliphatic heterocycles. The Balaban J connectivity index is 1.98. The first-order chi connectivity index (χ1) is 13.2. The summed E-state index contributed by atoms with van der Waals surface area (Å²) in [5.41, 5.74) is 4.63. The second kappa shape index (κ2) is 7.85. The molecule has 2 aromatic rings. The van der Waals surface area contributed by atoms with Crippen LogP contribution in [0, 0.1) is 0 Å². The van der Waals surface area contributed by atoms with Gasteiger partial charge in [-0.2, -0.15) is 10.2 Å². The number of carbonyl (C=O) groups is 2. The molecule has 9 heteroatoms. The van der Waals surface area contributed by atoms with E-state index < -0.39 is 11.7 Å². The van der Waals surface area contributed by atoms with E-state index in [9.17, 15) is 14.4 Å². The Bertz CT molecular complexity index is 1050. The maximum atomic E-state index is 12.2. The van der Waals surface area contributed by atoms with Gasteiger partial charge in [-0.05, 0) is 29.7 Å². The van der Waals surface area contributed by atoms with E-state index in [-0.39, 0.29) is 23.6 Å². The number of nitrogens with zero attached hydrogens (tertiary/aromatic N) is 3. The van der Waals surface area contributed by atoms with Crippen LogP contribution >= 0.6 is 23.2 Å². The van der Waals surface area contributed by atoms with E-state index in [2.05, 4.69) is 15.6 Å². The molecule has 0 spiro atoms. The molecule has 0 atom stereocenters. The van der Waals surface area contributed by atoms with Crippen LogP contribution in [0.1, 0.15) is 48.6 Å². The van der Waals surface area contributed by atoms with Gasteiger partial charge >= 0.3 is 0 Å². The monoisotopic (exact) mass is 420 g/mol. The molecule has 1 aromatic carbocycles. The van der Waals surface area contributed by atoms with E-state index in [0.717, 1.165) is 0 Å². The fourth-order valence-electron chi connectivity index (χ4n) is 2.96. The van der Waals surface area contributed by atoms with Gasteiger partial charge in [0.05, 0.1) is 12.1 Å². The summed E-state index contributed by atoms with van der Waals surface area (Å²) in [6.07, 6.45) is 0.0543. The molecule has 0 radical (unpaired) electrons. The fourth-order valence-corrected chi connectivity index (χ4v) is 3.58. The molecule has 2 heterocycles. The summed E-state index contributed by atoms with van der Waals surface area (Å²) in [5, 5.41) is 8.79. The van der Waals surface area contributed by atoms with Crippen LogP contribution in [-0.4, -0.2) is 27.2 Å². The van der Waals surface area contributed by atoms with Crippen LogP contribution in [0.15, 0.2) is 28.1 Å². The van der Waals surface area contributed by atoms with Gasteiger partial charge in [0.2, 0.25) is 5.91 Å². The molecular weight excluding hydrogens is 403 g/mol. The molecule has 0 unspecified atom stereocenters. The van der Waals surface area contributed by atoms with Crippen molar-refractivity contribution in [3.05, 3.63) is 61.0 Å². The molecule has 1 aromatic heterocycles. The number of Topliss-reactive ketones (excluding diaryl/α,β-unsaturated/α-hetero) is 1. The normalized spacial score (nSPS) is 14.3. The molecule has 1 aliphatic rings. The Morgan fingerprint density at radius 2 is 1.79 bits per heavy atom. The molecule has 0 saturated carbocycles. The molecule has 0 fully saturated rings. The number of ketones is 1. The van der Waals surface area contributed by atoms with Crippen LogP contribution in [0.5, 0.6) is 0 Å². The zero-order valence-electron chi connectivity index (χ0n) is 15.5. The predicted molar refractivity (Wildman–Crippen MR) is 107 cm³/mol. The first-order valence-electron chi connectivity index (χ1n) is 8.62. The van der Waals surface area contributed by atoms with Gasteiger partial charge in [-0.25, -0.2) is 10.1 Å². The zero-order chi connectivity index (χ0) is 20.6. The van der Waals surface area contributed by atoms with Crippen LogP contribution in [0.25, 0.3) is 0 Å². The number of hydrazone groups is 1. The minimum absolute atomic E-state index is 0.0549. The van der Waals surface area contributed by atoms with Crippen molar-refractivity contribution in [2.45, 2.75) is 32.6 Å². The second-order valence-electron chi connectivity index (χ2n) is 6.87. The van der Waals surface area contributed by atoms with Crippen molar-refractivity contribution in [2.75, 3.05) is 0 Å². The highest BCUT2D eigenvalue weighted by Gasteiger charge is 2.24. The third-order valence-corrected chi connectivity index (χ3v) is 5.09. The van der Waals surface area contributed by atoms with Crippen molar-refractivity contribution < 1.29 is 9.59 Å². The van der Waals surface area contributed by atoms with Crippen molar-refractivity contribution in [1.82, 2.24) is 15.2 Å². The maximum Gasteiger partial charge on any atom is 0.269 e. The lowest BCUT2D eigenvalue weighted by molar-refractivity contribution is -0.126. The van der Waals surface area contributed by atoms with Crippen LogP contribution in [0.4, 0.5) is 0 Å². The van der Waals surface area contributed by atoms with E-state index in [0.29, 0.717) is 38.9 Å². The number of halogens is 2. The van der Waals surface area contributed by atoms with Gasteiger partial charge in [0, 0.05) is 34.6 Å². The minimum atomic E-state index is -0.454. The molecule has 1 amide bonds. The summed E-state index contributed by atoms with van der Waals surface area (Å²) in [5.74, 6) is -0.798. The number of hydrogen-bond donors (Lipinski definition) is 1. The van der Waals surface area contributed by atoms with Gasteiger partial charge in [0.25, 0.3) is 5.56 Å². The van der Waals surface area contributed by atoms with E-state index in [1.807, 2.05) is 13.8 Å². The summed E-state index contributed by atoms with van der Waals surface area (Å²) >= 11 is 12.8. The Morgan fingerprint density at radius 1 is 1.14 bits per heavy atom. The smallest absolute Gasteiger partial charge is 0.269 e. The first-order valence-corrected chi connectivity index (χ1v) is 9.38. The van der Waals surface area contributed by atoms with Crippen molar-refractivity contribution in [1.29, 1.82) is 0 Å². The van der Waals surface area contributed by atoms with Crippen molar-refractivity contribution in [3.63, 3.8) is 0 Å². The van der Waals surface area contributed by atoms with Crippen LogP contribution < -0.4 is 11.0 Å². The summed E-state index contributed by atoms with van der Waals surface area (Å²) in [4.78, 5) is 35.5. The summed E-state index contributed by atoms with van der Waals surface area (Å²) in [6.45, 7) is 3.88. The number of amides is 1. The van der Waals surface area contributed by atoms with Gasteiger partial charge < -0.3 is 0 Å². The van der Waals surface area contributed by atoms with Gasteiger partial charge in [-0.15, -0.1) is 0 Å². The largest absolute Gasteiger partial charge is 0.292 e. The lowest BCUT2D eigenvalue weighted by Gasteiger charge is -2.15. The summed E-state index contributed by atoms with van der Waals surface area (Å²) in [6, 6.07) is 4.93. The molecule has 146 valence electrons. The van der Waals surface area contributed by atoms with Crippen LogP contribution in [-0.2, 0) is 23.1 Å². The Hall–Kier alpha value is -2.51. The fraction of sp³-hybridized carbons (Fsp3) is 0.316. The molecule has 0 bridgehead atoms. The quantitative estimate of drug-likeness (QED) is 0.768. The van der Waals surface area contributed by atoms with Crippen LogP contribution in [0.2, 0.25) is 10.0 Å². The van der Waals surface area contributed by atoms with Gasteiger partial charge in [-0.1, -0.05) is 37.0 Å². The third-order valence-electron chi connectivity index (χ3n) is 4.41. The standard InChI is InChI=1S/C19H18Cl2N4O3/c1-9(2)12-6-11(24-25(3)19(12)28)7-13-14(20)4-10(5-15(13)21)18-16(26)8-17(27)22-23-18/h4-6,9H,7-8H2,1-3H3,(H,22,27). The van der Waals surface area contributed by atoms with Gasteiger partial charge in [0.1, 0.15) is 5.71 Å². The number of aromatic nitrogens is 2. The molecule has 1 N–H and O–H groups in total. The number of carbonyl (C=O) groups excluding carboxylic acids is 2.